The van der Waals surface area contributed by atoms with Crippen molar-refractivity contribution in [3.63, 3.8) is 0 Å². The zero-order chi connectivity index (χ0) is 12.2. The van der Waals surface area contributed by atoms with E-state index in [4.69, 9.17) is 11.6 Å². The van der Waals surface area contributed by atoms with Crippen LogP contribution in [0.4, 0.5) is 23.2 Å². The minimum Gasteiger partial charge on any atom is -0.379 e. The highest BCUT2D eigenvalue weighted by Crippen LogP contribution is 2.24. The highest BCUT2D eigenvalue weighted by Gasteiger charge is 2.28. The Morgan fingerprint density at radius 1 is 1.31 bits per heavy atom. The van der Waals surface area contributed by atoms with Crippen LogP contribution in [0, 0.1) is 5.82 Å². The Labute approximate surface area is 94.2 Å². The quantitative estimate of drug-likeness (QED) is 0.659. The molecule has 0 saturated heterocycles. The first-order valence-electron chi connectivity index (χ1n) is 4.29. The van der Waals surface area contributed by atoms with Crippen molar-refractivity contribution >= 4 is 17.3 Å². The zero-order valence-corrected chi connectivity index (χ0v) is 8.70. The summed E-state index contributed by atoms with van der Waals surface area (Å²) in [6.45, 7) is -0.811. The van der Waals surface area contributed by atoms with Gasteiger partial charge in [0.2, 0.25) is 0 Å². The number of halogens is 5. The van der Waals surface area contributed by atoms with E-state index in [1.807, 2.05) is 0 Å². The Balaban J connectivity index is 2.43. The summed E-state index contributed by atoms with van der Waals surface area (Å²) in [6.07, 6.45) is -4.68. The van der Waals surface area contributed by atoms with Gasteiger partial charge in [0.15, 0.2) is 0 Å². The molecule has 1 N–H and O–H groups in total. The summed E-state index contributed by atoms with van der Waals surface area (Å²) in [5.41, 5.74) is -0.0325. The fraction of sp³-hybridized carbons (Fsp3) is 0.333. The van der Waals surface area contributed by atoms with Crippen LogP contribution >= 0.6 is 11.6 Å². The van der Waals surface area contributed by atoms with Crippen molar-refractivity contribution in [3.8, 4) is 0 Å². The average Bonchev–Trinajstić information content (AvgIpc) is 2.14. The van der Waals surface area contributed by atoms with Crippen LogP contribution in [-0.4, -0.2) is 19.5 Å². The normalized spacial score (nSPS) is 11.6. The molecule has 0 bridgehead atoms. The van der Waals surface area contributed by atoms with Gasteiger partial charge in [-0.25, -0.2) is 4.39 Å². The number of anilines is 1. The summed E-state index contributed by atoms with van der Waals surface area (Å²) >= 11 is 5.63. The lowest BCUT2D eigenvalue weighted by atomic mass is 10.3. The van der Waals surface area contributed by atoms with E-state index in [1.165, 1.54) is 12.1 Å². The van der Waals surface area contributed by atoms with Gasteiger partial charge >= 0.3 is 6.36 Å². The van der Waals surface area contributed by atoms with E-state index in [0.717, 1.165) is 6.07 Å². The van der Waals surface area contributed by atoms with Crippen LogP contribution in [0.15, 0.2) is 18.2 Å². The minimum atomic E-state index is -4.68. The molecule has 7 heteroatoms. The molecule has 0 radical (unpaired) electrons. The molecule has 0 amide bonds. The predicted octanol–water partition coefficient (Wildman–Crippen LogP) is 3.43. The minimum absolute atomic E-state index is 0.0325. The van der Waals surface area contributed by atoms with Crippen LogP contribution in [-0.2, 0) is 4.74 Å². The number of nitrogens with one attached hydrogen (secondary N) is 1. The highest BCUT2D eigenvalue weighted by atomic mass is 35.5. The van der Waals surface area contributed by atoms with Crippen LogP contribution in [0.25, 0.3) is 0 Å². The van der Waals surface area contributed by atoms with Gasteiger partial charge in [0.25, 0.3) is 0 Å². The van der Waals surface area contributed by atoms with Crippen molar-refractivity contribution in [3.05, 3.63) is 29.0 Å². The van der Waals surface area contributed by atoms with Crippen molar-refractivity contribution < 1.29 is 22.3 Å². The predicted molar refractivity (Wildman–Crippen MR) is 51.9 cm³/mol. The van der Waals surface area contributed by atoms with Gasteiger partial charge in [-0.05, 0) is 12.1 Å². The number of hydrogen-bond acceptors (Lipinski definition) is 2. The standard InChI is InChI=1S/C9H8ClF4NO/c10-6-2-1-3-7(11)8(6)15-4-5-16-9(12,13)14/h1-3,15H,4-5H2. The number of benzene rings is 1. The molecule has 0 spiro atoms. The molecule has 0 aliphatic carbocycles. The molecule has 0 fully saturated rings. The topological polar surface area (TPSA) is 21.3 Å². The molecule has 0 saturated carbocycles. The molecule has 0 aromatic heterocycles. The van der Waals surface area contributed by atoms with E-state index in [2.05, 4.69) is 10.1 Å². The van der Waals surface area contributed by atoms with Gasteiger partial charge in [-0.15, -0.1) is 13.2 Å². The Bertz CT molecular complexity index is 336. The lowest BCUT2D eigenvalue weighted by Crippen LogP contribution is -2.19. The molecule has 1 aromatic rings. The second-order valence-corrected chi connectivity index (χ2v) is 3.22. The number of rotatable bonds is 4. The number of hydrogen-bond donors (Lipinski definition) is 1. The van der Waals surface area contributed by atoms with Gasteiger partial charge in [0, 0.05) is 6.54 Å². The third-order valence-corrected chi connectivity index (χ3v) is 1.95. The first kappa shape index (κ1) is 13.1. The fourth-order valence-electron chi connectivity index (χ4n) is 1.01. The summed E-state index contributed by atoms with van der Waals surface area (Å²) in [4.78, 5) is 0. The molecule has 0 atom stereocenters. The van der Waals surface area contributed by atoms with Gasteiger partial charge in [-0.1, -0.05) is 17.7 Å². The van der Waals surface area contributed by atoms with E-state index in [-0.39, 0.29) is 17.3 Å². The van der Waals surface area contributed by atoms with Crippen molar-refractivity contribution in [2.75, 3.05) is 18.5 Å². The van der Waals surface area contributed by atoms with Crippen molar-refractivity contribution in [1.29, 1.82) is 0 Å². The summed E-state index contributed by atoms with van der Waals surface area (Å²) in [5, 5.41) is 2.53. The van der Waals surface area contributed by atoms with Crippen LogP contribution in [0.1, 0.15) is 0 Å². The second kappa shape index (κ2) is 5.36. The first-order chi connectivity index (χ1) is 7.40. The smallest absolute Gasteiger partial charge is 0.379 e. The zero-order valence-electron chi connectivity index (χ0n) is 7.94. The van der Waals surface area contributed by atoms with Gasteiger partial charge in [-0.3, -0.25) is 4.74 Å². The van der Waals surface area contributed by atoms with Crippen LogP contribution in [0.2, 0.25) is 5.02 Å². The largest absolute Gasteiger partial charge is 0.522 e. The maximum Gasteiger partial charge on any atom is 0.522 e. The Kier molecular flexibility index (Phi) is 4.37. The van der Waals surface area contributed by atoms with Crippen LogP contribution in [0.3, 0.4) is 0 Å². The molecule has 16 heavy (non-hydrogen) atoms. The summed E-state index contributed by atoms with van der Waals surface area (Å²) < 4.78 is 51.4. The molecule has 0 heterocycles. The van der Waals surface area contributed by atoms with E-state index < -0.39 is 18.8 Å². The molecule has 1 rings (SSSR count). The molecule has 0 aliphatic heterocycles. The molecule has 2 nitrogen and oxygen atoms in total. The average molecular weight is 258 g/mol. The van der Waals surface area contributed by atoms with E-state index in [9.17, 15) is 17.6 Å². The monoisotopic (exact) mass is 257 g/mol. The number of ether oxygens (including phenoxy) is 1. The molecular formula is C9H8ClF4NO. The third kappa shape index (κ3) is 4.24. The van der Waals surface area contributed by atoms with Crippen molar-refractivity contribution in [1.82, 2.24) is 0 Å². The Morgan fingerprint density at radius 3 is 2.56 bits per heavy atom. The summed E-state index contributed by atoms with van der Waals surface area (Å²) in [5.74, 6) is -0.625. The molecule has 1 aromatic carbocycles. The van der Waals surface area contributed by atoms with Gasteiger partial charge in [0.05, 0.1) is 17.3 Å². The summed E-state index contributed by atoms with van der Waals surface area (Å²) in [6, 6.07) is 3.98. The molecule has 90 valence electrons. The van der Waals surface area contributed by atoms with Crippen molar-refractivity contribution in [2.24, 2.45) is 0 Å². The van der Waals surface area contributed by atoms with E-state index in [0.29, 0.717) is 0 Å². The van der Waals surface area contributed by atoms with Crippen LogP contribution in [0.5, 0.6) is 0 Å². The van der Waals surface area contributed by atoms with E-state index in [1.54, 1.807) is 0 Å². The molecular weight excluding hydrogens is 250 g/mol. The maximum atomic E-state index is 13.1. The number of alkyl halides is 3. The Hall–Kier alpha value is -1.01. The van der Waals surface area contributed by atoms with Crippen LogP contribution < -0.4 is 5.32 Å². The van der Waals surface area contributed by atoms with Gasteiger partial charge in [-0.2, -0.15) is 0 Å². The lowest BCUT2D eigenvalue weighted by molar-refractivity contribution is -0.322. The fourth-order valence-corrected chi connectivity index (χ4v) is 1.24. The van der Waals surface area contributed by atoms with Crippen molar-refractivity contribution in [2.45, 2.75) is 6.36 Å². The molecule has 0 unspecified atom stereocenters. The van der Waals surface area contributed by atoms with Gasteiger partial charge < -0.3 is 5.32 Å². The lowest BCUT2D eigenvalue weighted by Gasteiger charge is -2.10. The highest BCUT2D eigenvalue weighted by molar-refractivity contribution is 6.33. The maximum absolute atomic E-state index is 13.1. The molecule has 0 aliphatic rings. The second-order valence-electron chi connectivity index (χ2n) is 2.82. The SMILES string of the molecule is Fc1cccc(Cl)c1NCCOC(F)(F)F. The third-order valence-electron chi connectivity index (χ3n) is 1.63. The van der Waals surface area contributed by atoms with Gasteiger partial charge in [0.1, 0.15) is 5.82 Å². The Morgan fingerprint density at radius 2 is 2.00 bits per heavy atom. The van der Waals surface area contributed by atoms with E-state index >= 15 is 0 Å². The summed E-state index contributed by atoms with van der Waals surface area (Å²) in [7, 11) is 0. The first-order valence-corrected chi connectivity index (χ1v) is 4.66. The number of para-hydroxylation sites is 1.